The second kappa shape index (κ2) is 16.0. The van der Waals surface area contributed by atoms with Gasteiger partial charge in [0.1, 0.15) is 0 Å². The molecular weight excluding hydrogens is 665 g/mol. The van der Waals surface area contributed by atoms with E-state index in [1.165, 1.54) is 55.4 Å². The third-order valence-corrected chi connectivity index (χ3v) is 25.2. The predicted molar refractivity (Wildman–Crippen MR) is 191 cm³/mol. The molecule has 6 nitrogen and oxygen atoms in total. The van der Waals surface area contributed by atoms with E-state index in [1.54, 1.807) is 0 Å². The van der Waals surface area contributed by atoms with Crippen molar-refractivity contribution in [2.75, 3.05) is 13.1 Å². The number of likely N-dealkylation sites (tertiary alicyclic amines) is 1. The summed E-state index contributed by atoms with van der Waals surface area (Å²) in [6.07, 6.45) is 9.11. The van der Waals surface area contributed by atoms with Crippen molar-refractivity contribution in [3.8, 4) is 11.4 Å². The zero-order valence-corrected chi connectivity index (χ0v) is 31.9. The zero-order valence-electron chi connectivity index (χ0n) is 29.1. The Morgan fingerprint density at radius 2 is 1.62 bits per heavy atom. The summed E-state index contributed by atoms with van der Waals surface area (Å²) in [4.78, 5) is 34.7. The van der Waals surface area contributed by atoms with E-state index in [0.29, 0.717) is 19.6 Å². The van der Waals surface area contributed by atoms with Crippen molar-refractivity contribution in [1.82, 2.24) is 14.5 Å². The van der Waals surface area contributed by atoms with Crippen molar-refractivity contribution < 1.29 is 9.53 Å². The summed E-state index contributed by atoms with van der Waals surface area (Å²) < 4.78 is 13.2. The van der Waals surface area contributed by atoms with Gasteiger partial charge in [-0.3, -0.25) is 0 Å². The Bertz CT molecular complexity index is 1470. The summed E-state index contributed by atoms with van der Waals surface area (Å²) in [5, 5.41) is 0.759. The maximum absolute atomic E-state index is 14.7. The topological polar surface area (TPSA) is 64.4 Å². The first kappa shape index (κ1) is 35.5. The van der Waals surface area contributed by atoms with Crippen molar-refractivity contribution in [1.29, 1.82) is 0 Å². The Morgan fingerprint density at radius 3 is 2.22 bits per heavy atom. The number of amides is 1. The minimum absolute atomic E-state index is 0.0520. The molecule has 1 aliphatic heterocycles. The summed E-state index contributed by atoms with van der Waals surface area (Å²) in [7, 11) is 0. The molecule has 45 heavy (non-hydrogen) atoms. The molecule has 0 N–H and O–H groups in total. The number of aryl methyl sites for hydroxylation is 1. The van der Waals surface area contributed by atoms with Crippen LogP contribution in [0.2, 0.25) is 13.3 Å². The number of piperidine rings is 1. The molecule has 1 atom stereocenters. The number of aromatic nitrogens is 2. The number of carbonyl (C=O) groups excluding carboxylic acids is 1. The molecule has 1 saturated heterocycles. The fraction of sp³-hybridized carbons (Fsp3) is 0.605. The maximum atomic E-state index is 14.7. The summed E-state index contributed by atoms with van der Waals surface area (Å²) >= 11 is -2.76. The average Bonchev–Trinajstić information content (AvgIpc) is 3.02. The minimum atomic E-state index is -2.76. The molecular formula is C38H57N3O3Sn. The van der Waals surface area contributed by atoms with Crippen LogP contribution in [0.3, 0.4) is 0 Å². The van der Waals surface area contributed by atoms with Crippen molar-refractivity contribution in [2.24, 2.45) is 5.92 Å². The van der Waals surface area contributed by atoms with Crippen LogP contribution in [-0.2, 0) is 11.3 Å². The van der Waals surface area contributed by atoms with Crippen molar-refractivity contribution in [3.05, 3.63) is 58.4 Å². The summed E-state index contributed by atoms with van der Waals surface area (Å²) in [6.45, 7) is 16.5. The van der Waals surface area contributed by atoms with Gasteiger partial charge in [-0.05, 0) is 20.8 Å². The molecule has 1 amide bonds. The molecule has 0 aliphatic carbocycles. The fourth-order valence-electron chi connectivity index (χ4n) is 7.07. The number of carbonyl (C=O) groups is 1. The van der Waals surface area contributed by atoms with Crippen molar-refractivity contribution >= 4 is 39.0 Å². The van der Waals surface area contributed by atoms with Crippen molar-refractivity contribution in [3.63, 3.8) is 0 Å². The first-order valence-corrected chi connectivity index (χ1v) is 25.1. The van der Waals surface area contributed by atoms with E-state index in [0.717, 1.165) is 40.7 Å². The van der Waals surface area contributed by atoms with Crippen LogP contribution in [0.5, 0.6) is 0 Å². The standard InChI is InChI=1S/C26H30N3O3.3C4H9.Sn/c1-18-10-5-6-12-20(18)23-27-22-14-8-7-13-21(22)24(30)29(23)17-19-11-9-15-28(16-19)25(31)32-26(2,3)4;3*1-3-4-2;/h5-6,8,10,12-14,19H,9,11,15-17H2,1-4H3;3*1,3-4H2,2H3;. The molecule has 7 heteroatoms. The van der Waals surface area contributed by atoms with Crippen LogP contribution in [0.15, 0.2) is 47.3 Å². The quantitative estimate of drug-likeness (QED) is 0.165. The van der Waals surface area contributed by atoms with E-state index in [-0.39, 0.29) is 17.6 Å². The molecule has 1 unspecified atom stereocenters. The van der Waals surface area contributed by atoms with E-state index in [1.807, 2.05) is 42.4 Å². The summed E-state index contributed by atoms with van der Waals surface area (Å²) in [5.41, 5.74) is 2.39. The van der Waals surface area contributed by atoms with E-state index < -0.39 is 24.0 Å². The number of fused-ring (bicyclic) bond motifs is 1. The molecule has 2 aromatic carbocycles. The van der Waals surface area contributed by atoms with E-state index in [2.05, 4.69) is 58.0 Å². The molecule has 1 aromatic heterocycles. The number of benzene rings is 2. The monoisotopic (exact) mass is 723 g/mol. The van der Waals surface area contributed by atoms with Crippen molar-refractivity contribution in [2.45, 2.75) is 125 Å². The molecule has 2 heterocycles. The molecule has 0 radical (unpaired) electrons. The van der Waals surface area contributed by atoms with Gasteiger partial charge in [-0.15, -0.1) is 0 Å². The third-order valence-electron chi connectivity index (χ3n) is 9.59. The van der Waals surface area contributed by atoms with E-state index in [4.69, 9.17) is 9.72 Å². The molecule has 246 valence electrons. The second-order valence-electron chi connectivity index (χ2n) is 14.4. The van der Waals surface area contributed by atoms with Gasteiger partial charge in [-0.1, -0.05) is 0 Å². The number of ether oxygens (including phenoxy) is 1. The summed E-state index contributed by atoms with van der Waals surface area (Å²) in [6, 6.07) is 15.0. The van der Waals surface area contributed by atoms with Gasteiger partial charge < -0.3 is 0 Å². The van der Waals surface area contributed by atoms with Gasteiger partial charge in [0.25, 0.3) is 0 Å². The molecule has 0 spiro atoms. The first-order chi connectivity index (χ1) is 21.5. The van der Waals surface area contributed by atoms with E-state index >= 15 is 0 Å². The SMILES string of the molecule is CCC[CH2][Sn]([CH2]CCC)([CH2]CCC)[c]1ccc2nc(-c3ccccc3C)n(CC3CCCN(C(=O)OC(C)(C)C)C3)c(=O)c2c1. The normalized spacial score (nSPS) is 15.9. The van der Waals surface area contributed by atoms with Crippen LogP contribution in [0.1, 0.15) is 98.5 Å². The predicted octanol–water partition coefficient (Wildman–Crippen LogP) is 9.08. The Morgan fingerprint density at radius 1 is 0.978 bits per heavy atom. The van der Waals surface area contributed by atoms with Crippen LogP contribution in [0, 0.1) is 12.8 Å². The number of unbranched alkanes of at least 4 members (excludes halogenated alkanes) is 3. The van der Waals surface area contributed by atoms with Gasteiger partial charge in [0, 0.05) is 0 Å². The van der Waals surface area contributed by atoms with Crippen LogP contribution >= 0.6 is 0 Å². The number of nitrogens with zero attached hydrogens (tertiary/aromatic N) is 3. The van der Waals surface area contributed by atoms with Crippen LogP contribution in [-0.4, -0.2) is 57.6 Å². The average molecular weight is 723 g/mol. The van der Waals surface area contributed by atoms with Gasteiger partial charge in [0.2, 0.25) is 0 Å². The summed E-state index contributed by atoms with van der Waals surface area (Å²) in [5.74, 6) is 0.872. The van der Waals surface area contributed by atoms with Gasteiger partial charge in [-0.2, -0.15) is 0 Å². The molecule has 0 saturated carbocycles. The Labute approximate surface area is 275 Å². The number of rotatable bonds is 13. The Hall–Kier alpha value is -2.35. The van der Waals surface area contributed by atoms with Gasteiger partial charge >= 0.3 is 256 Å². The van der Waals surface area contributed by atoms with E-state index in [9.17, 15) is 9.59 Å². The van der Waals surface area contributed by atoms with Gasteiger partial charge in [-0.25, -0.2) is 0 Å². The van der Waals surface area contributed by atoms with Gasteiger partial charge in [0.15, 0.2) is 0 Å². The van der Waals surface area contributed by atoms with Crippen LogP contribution in [0.4, 0.5) is 4.79 Å². The molecule has 0 bridgehead atoms. The fourth-order valence-corrected chi connectivity index (χ4v) is 23.0. The van der Waals surface area contributed by atoms with Gasteiger partial charge in [0.05, 0.1) is 0 Å². The first-order valence-electron chi connectivity index (χ1n) is 17.6. The number of hydrogen-bond acceptors (Lipinski definition) is 4. The molecule has 4 rings (SSSR count). The molecule has 1 fully saturated rings. The number of hydrogen-bond donors (Lipinski definition) is 0. The third kappa shape index (κ3) is 8.93. The Balaban J connectivity index is 1.82. The Kier molecular flexibility index (Phi) is 12.6. The zero-order chi connectivity index (χ0) is 32.6. The molecule has 1 aliphatic rings. The second-order valence-corrected chi connectivity index (χ2v) is 27.7. The van der Waals surface area contributed by atoms with Crippen LogP contribution < -0.4 is 9.14 Å². The molecule has 3 aromatic rings. The van der Waals surface area contributed by atoms with Crippen LogP contribution in [0.25, 0.3) is 22.3 Å².